The van der Waals surface area contributed by atoms with Crippen molar-refractivity contribution in [3.8, 4) is 5.88 Å². The first-order valence-corrected chi connectivity index (χ1v) is 6.58. The number of aromatic nitrogens is 2. The fraction of sp³-hybridized carbons (Fsp3) is 0.286. The highest BCUT2D eigenvalue weighted by atomic mass is 35.5. The largest absolute Gasteiger partial charge is 0.481 e. The van der Waals surface area contributed by atoms with E-state index in [1.807, 2.05) is 24.3 Å². The van der Waals surface area contributed by atoms with Crippen LogP contribution >= 0.6 is 11.6 Å². The molecule has 0 amide bonds. The van der Waals surface area contributed by atoms with Gasteiger partial charge in [0.25, 0.3) is 0 Å². The summed E-state index contributed by atoms with van der Waals surface area (Å²) in [5.74, 6) is 1.91. The van der Waals surface area contributed by atoms with E-state index in [2.05, 4.69) is 27.0 Å². The third-order valence-electron chi connectivity index (χ3n) is 2.73. The first kappa shape index (κ1) is 13.6. The van der Waals surface area contributed by atoms with Crippen LogP contribution < -0.4 is 9.64 Å². The molecule has 0 atom stereocenters. The van der Waals surface area contributed by atoms with Crippen LogP contribution in [0.5, 0.6) is 5.88 Å². The van der Waals surface area contributed by atoms with Crippen LogP contribution in [0.2, 0.25) is 0 Å². The number of methoxy groups -OCH3 is 1. The van der Waals surface area contributed by atoms with Crippen LogP contribution in [0.1, 0.15) is 5.56 Å². The number of ether oxygens (including phenoxy) is 1. The lowest BCUT2D eigenvalue weighted by molar-refractivity contribution is 0.396. The van der Waals surface area contributed by atoms with Gasteiger partial charge < -0.3 is 9.64 Å². The van der Waals surface area contributed by atoms with E-state index in [9.17, 15) is 0 Å². The molecule has 0 saturated carbocycles. The Bertz CT molecular complexity index is 507. The average Bonchev–Trinajstić information content (AvgIpc) is 2.48. The Labute approximate surface area is 118 Å². The molecular formula is C14H16ClN3O. The summed E-state index contributed by atoms with van der Waals surface area (Å²) in [6.07, 6.45) is 1.50. The van der Waals surface area contributed by atoms with Crippen LogP contribution in [0.25, 0.3) is 0 Å². The Morgan fingerprint density at radius 3 is 2.68 bits per heavy atom. The third-order valence-corrected chi connectivity index (χ3v) is 2.90. The SMILES string of the molecule is COc1cc(N(CCCl)Cc2ccccc2)ncn1. The van der Waals surface area contributed by atoms with Gasteiger partial charge in [-0.05, 0) is 5.56 Å². The maximum atomic E-state index is 5.87. The Hall–Kier alpha value is -1.81. The third kappa shape index (κ3) is 3.83. The first-order valence-electron chi connectivity index (χ1n) is 6.04. The van der Waals surface area contributed by atoms with E-state index in [1.54, 1.807) is 7.11 Å². The van der Waals surface area contributed by atoms with E-state index in [4.69, 9.17) is 16.3 Å². The summed E-state index contributed by atoms with van der Waals surface area (Å²) in [4.78, 5) is 10.4. The van der Waals surface area contributed by atoms with E-state index in [-0.39, 0.29) is 0 Å². The molecule has 100 valence electrons. The first-order chi connectivity index (χ1) is 9.33. The minimum absolute atomic E-state index is 0.541. The zero-order valence-corrected chi connectivity index (χ0v) is 11.5. The number of halogens is 1. The maximum Gasteiger partial charge on any atom is 0.218 e. The average molecular weight is 278 g/mol. The van der Waals surface area contributed by atoms with Gasteiger partial charge in [-0.2, -0.15) is 0 Å². The summed E-state index contributed by atoms with van der Waals surface area (Å²) in [5, 5.41) is 0. The van der Waals surface area contributed by atoms with E-state index in [1.165, 1.54) is 11.9 Å². The van der Waals surface area contributed by atoms with Crippen molar-refractivity contribution in [2.75, 3.05) is 24.4 Å². The second kappa shape index (κ2) is 6.95. The zero-order valence-electron chi connectivity index (χ0n) is 10.8. The lowest BCUT2D eigenvalue weighted by atomic mass is 10.2. The van der Waals surface area contributed by atoms with E-state index < -0.39 is 0 Å². The lowest BCUT2D eigenvalue weighted by Gasteiger charge is -2.22. The van der Waals surface area contributed by atoms with Crippen LogP contribution in [0, 0.1) is 0 Å². The van der Waals surface area contributed by atoms with Crippen molar-refractivity contribution in [3.05, 3.63) is 48.3 Å². The van der Waals surface area contributed by atoms with Crippen LogP contribution in [-0.2, 0) is 6.54 Å². The van der Waals surface area contributed by atoms with Gasteiger partial charge in [0.15, 0.2) is 0 Å². The number of nitrogens with zero attached hydrogens (tertiary/aromatic N) is 3. The molecule has 0 bridgehead atoms. The van der Waals surface area contributed by atoms with Crippen LogP contribution in [0.15, 0.2) is 42.7 Å². The maximum absolute atomic E-state index is 5.87. The molecule has 1 aromatic carbocycles. The molecule has 0 radical (unpaired) electrons. The van der Waals surface area contributed by atoms with Crippen molar-refractivity contribution in [2.45, 2.75) is 6.54 Å². The van der Waals surface area contributed by atoms with Gasteiger partial charge in [-0.25, -0.2) is 9.97 Å². The molecule has 0 N–H and O–H groups in total. The standard InChI is InChI=1S/C14H16ClN3O/c1-19-14-9-13(16-11-17-14)18(8-7-15)10-12-5-3-2-4-6-12/h2-6,9,11H,7-8,10H2,1H3. The molecule has 0 saturated heterocycles. The monoisotopic (exact) mass is 277 g/mol. The molecule has 2 rings (SSSR count). The van der Waals surface area contributed by atoms with Crippen molar-refractivity contribution in [2.24, 2.45) is 0 Å². The van der Waals surface area contributed by atoms with Crippen molar-refractivity contribution in [3.63, 3.8) is 0 Å². The molecule has 4 nitrogen and oxygen atoms in total. The number of anilines is 1. The van der Waals surface area contributed by atoms with Crippen molar-refractivity contribution in [1.82, 2.24) is 9.97 Å². The molecule has 0 spiro atoms. The van der Waals surface area contributed by atoms with E-state index in [0.29, 0.717) is 11.8 Å². The Balaban J connectivity index is 2.19. The summed E-state index contributed by atoms with van der Waals surface area (Å²) in [6.45, 7) is 1.48. The normalized spacial score (nSPS) is 10.2. The highest BCUT2D eigenvalue weighted by molar-refractivity contribution is 6.18. The van der Waals surface area contributed by atoms with Crippen molar-refractivity contribution in [1.29, 1.82) is 0 Å². The Kier molecular flexibility index (Phi) is 4.98. The van der Waals surface area contributed by atoms with E-state index >= 15 is 0 Å². The summed E-state index contributed by atoms with van der Waals surface area (Å²) in [5.41, 5.74) is 1.21. The number of hydrogen-bond donors (Lipinski definition) is 0. The quantitative estimate of drug-likeness (QED) is 0.761. The number of alkyl halides is 1. The number of benzene rings is 1. The van der Waals surface area contributed by atoms with Crippen LogP contribution in [0.4, 0.5) is 5.82 Å². The van der Waals surface area contributed by atoms with Gasteiger partial charge in [-0.3, -0.25) is 0 Å². The summed E-state index contributed by atoms with van der Waals surface area (Å²) >= 11 is 5.87. The topological polar surface area (TPSA) is 38.2 Å². The Morgan fingerprint density at radius 1 is 1.21 bits per heavy atom. The predicted molar refractivity (Wildman–Crippen MR) is 76.8 cm³/mol. The van der Waals surface area contributed by atoms with Gasteiger partial charge in [0.05, 0.1) is 7.11 Å². The number of rotatable bonds is 6. The minimum atomic E-state index is 0.541. The molecule has 19 heavy (non-hydrogen) atoms. The van der Waals surface area contributed by atoms with Gasteiger partial charge in [0, 0.05) is 25.0 Å². The fourth-order valence-electron chi connectivity index (χ4n) is 1.79. The highest BCUT2D eigenvalue weighted by Crippen LogP contribution is 2.18. The molecule has 5 heteroatoms. The summed E-state index contributed by atoms with van der Waals surface area (Å²) < 4.78 is 5.12. The van der Waals surface area contributed by atoms with E-state index in [0.717, 1.165) is 18.9 Å². The molecular weight excluding hydrogens is 262 g/mol. The van der Waals surface area contributed by atoms with Gasteiger partial charge in [-0.15, -0.1) is 11.6 Å². The molecule has 0 unspecified atom stereocenters. The van der Waals surface area contributed by atoms with Crippen molar-refractivity contribution < 1.29 is 4.74 Å². The number of hydrogen-bond acceptors (Lipinski definition) is 4. The van der Waals surface area contributed by atoms with Crippen LogP contribution in [-0.4, -0.2) is 29.5 Å². The molecule has 2 aromatic rings. The second-order valence-corrected chi connectivity index (χ2v) is 4.39. The van der Waals surface area contributed by atoms with Crippen molar-refractivity contribution >= 4 is 17.4 Å². The fourth-order valence-corrected chi connectivity index (χ4v) is 2.00. The van der Waals surface area contributed by atoms with Gasteiger partial charge >= 0.3 is 0 Å². The molecule has 1 aromatic heterocycles. The molecule has 1 heterocycles. The molecule has 0 aliphatic heterocycles. The van der Waals surface area contributed by atoms with Gasteiger partial charge in [-0.1, -0.05) is 30.3 Å². The summed E-state index contributed by atoms with van der Waals surface area (Å²) in [7, 11) is 1.59. The second-order valence-electron chi connectivity index (χ2n) is 4.01. The minimum Gasteiger partial charge on any atom is -0.481 e. The molecule has 0 aliphatic rings. The predicted octanol–water partition coefficient (Wildman–Crippen LogP) is 2.73. The van der Waals surface area contributed by atoms with Gasteiger partial charge in [0.2, 0.25) is 5.88 Å². The summed E-state index contributed by atoms with van der Waals surface area (Å²) in [6, 6.07) is 12.0. The van der Waals surface area contributed by atoms with Gasteiger partial charge in [0.1, 0.15) is 12.1 Å². The van der Waals surface area contributed by atoms with Crippen LogP contribution in [0.3, 0.4) is 0 Å². The zero-order chi connectivity index (χ0) is 13.5. The smallest absolute Gasteiger partial charge is 0.218 e. The Morgan fingerprint density at radius 2 is 2.00 bits per heavy atom. The lowest BCUT2D eigenvalue weighted by Crippen LogP contribution is -2.25. The highest BCUT2D eigenvalue weighted by Gasteiger charge is 2.09. The molecule has 0 fully saturated rings. The molecule has 0 aliphatic carbocycles.